The molecule has 1 aromatic heterocycles. The van der Waals surface area contributed by atoms with E-state index in [2.05, 4.69) is 10.3 Å². The molecule has 0 fully saturated rings. The topological polar surface area (TPSA) is 71.5 Å². The van der Waals surface area contributed by atoms with E-state index in [1.54, 1.807) is 24.1 Å². The minimum atomic E-state index is -0.260. The van der Waals surface area contributed by atoms with Crippen molar-refractivity contribution in [2.24, 2.45) is 0 Å². The molecule has 2 aromatic carbocycles. The highest BCUT2D eigenvalue weighted by Gasteiger charge is 2.19. The van der Waals surface area contributed by atoms with Gasteiger partial charge in [0.05, 0.1) is 31.5 Å². The van der Waals surface area contributed by atoms with Crippen molar-refractivity contribution in [1.82, 2.24) is 9.88 Å². The maximum absolute atomic E-state index is 12.8. The summed E-state index contributed by atoms with van der Waals surface area (Å²) in [6.07, 6.45) is 0.936. The molecule has 30 heavy (non-hydrogen) atoms. The molecule has 1 N–H and O–H groups in total. The van der Waals surface area contributed by atoms with Crippen LogP contribution < -0.4 is 10.1 Å². The normalized spacial score (nSPS) is 10.5. The number of amides is 2. The van der Waals surface area contributed by atoms with Crippen LogP contribution in [0.1, 0.15) is 19.0 Å². The molecule has 0 aliphatic rings. The third-order valence-corrected chi connectivity index (χ3v) is 5.41. The number of nitrogens with one attached hydrogen (secondary N) is 1. The Balaban J connectivity index is 1.63. The minimum Gasteiger partial charge on any atom is -0.495 e. The summed E-state index contributed by atoms with van der Waals surface area (Å²) in [7, 11) is 1.55. The molecule has 0 atom stereocenters. The van der Waals surface area contributed by atoms with Crippen LogP contribution in [0, 0.1) is 0 Å². The third-order valence-electron chi connectivity index (χ3n) is 4.47. The third kappa shape index (κ3) is 5.67. The number of hydrogen-bond acceptors (Lipinski definition) is 5. The number of nitrogens with zero attached hydrogens (tertiary/aromatic N) is 2. The van der Waals surface area contributed by atoms with Crippen LogP contribution in [0.2, 0.25) is 0 Å². The van der Waals surface area contributed by atoms with Gasteiger partial charge in [-0.05, 0) is 18.6 Å². The van der Waals surface area contributed by atoms with Crippen molar-refractivity contribution in [3.8, 4) is 16.3 Å². The van der Waals surface area contributed by atoms with Gasteiger partial charge in [0.25, 0.3) is 0 Å². The van der Waals surface area contributed by atoms with Crippen molar-refractivity contribution in [3.63, 3.8) is 0 Å². The van der Waals surface area contributed by atoms with Crippen LogP contribution >= 0.6 is 11.3 Å². The van der Waals surface area contributed by atoms with Crippen LogP contribution in [0.4, 0.5) is 5.69 Å². The van der Waals surface area contributed by atoms with Gasteiger partial charge in [-0.15, -0.1) is 11.3 Å². The van der Waals surface area contributed by atoms with Gasteiger partial charge in [-0.3, -0.25) is 9.59 Å². The van der Waals surface area contributed by atoms with Crippen molar-refractivity contribution in [3.05, 3.63) is 65.7 Å². The first-order valence-electron chi connectivity index (χ1n) is 9.81. The number of ether oxygens (including phenoxy) is 1. The molecular weight excluding hydrogens is 398 g/mol. The molecule has 3 rings (SSSR count). The van der Waals surface area contributed by atoms with E-state index in [0.717, 1.165) is 22.7 Å². The predicted molar refractivity (Wildman–Crippen MR) is 120 cm³/mol. The number of hydrogen-bond donors (Lipinski definition) is 1. The first-order valence-corrected chi connectivity index (χ1v) is 10.7. The average Bonchev–Trinajstić information content (AvgIpc) is 3.23. The van der Waals surface area contributed by atoms with Gasteiger partial charge < -0.3 is 15.0 Å². The quantitative estimate of drug-likeness (QED) is 0.559. The second-order valence-electron chi connectivity index (χ2n) is 6.75. The van der Waals surface area contributed by atoms with Gasteiger partial charge in [0.2, 0.25) is 11.8 Å². The Morgan fingerprint density at radius 1 is 1.10 bits per heavy atom. The molecule has 6 nitrogen and oxygen atoms in total. The molecule has 2 amide bonds. The number of thiazole rings is 1. The van der Waals surface area contributed by atoms with E-state index in [4.69, 9.17) is 4.74 Å². The van der Waals surface area contributed by atoms with Crippen LogP contribution in [0.15, 0.2) is 60.0 Å². The smallest absolute Gasteiger partial charge is 0.244 e. The lowest BCUT2D eigenvalue weighted by Gasteiger charge is -2.21. The number of carbonyl (C=O) groups is 2. The monoisotopic (exact) mass is 423 g/mol. The van der Waals surface area contributed by atoms with Crippen molar-refractivity contribution in [2.75, 3.05) is 25.5 Å². The first kappa shape index (κ1) is 21.5. The summed E-state index contributed by atoms with van der Waals surface area (Å²) in [5.41, 5.74) is 2.33. The number of para-hydroxylation sites is 2. The van der Waals surface area contributed by atoms with Gasteiger partial charge in [-0.1, -0.05) is 49.4 Å². The number of benzene rings is 2. The Bertz CT molecular complexity index is 988. The van der Waals surface area contributed by atoms with E-state index in [1.165, 1.54) is 11.3 Å². The molecule has 0 saturated heterocycles. The maximum atomic E-state index is 12.8. The van der Waals surface area contributed by atoms with Crippen molar-refractivity contribution >= 4 is 28.8 Å². The molecular formula is C23H25N3O3S. The van der Waals surface area contributed by atoms with Gasteiger partial charge >= 0.3 is 0 Å². The van der Waals surface area contributed by atoms with E-state index in [0.29, 0.717) is 18.0 Å². The first-order chi connectivity index (χ1) is 14.6. The number of methoxy groups -OCH3 is 1. The lowest BCUT2D eigenvalue weighted by molar-refractivity contribution is -0.134. The highest BCUT2D eigenvalue weighted by atomic mass is 32.1. The largest absolute Gasteiger partial charge is 0.495 e. The Kier molecular flexibility index (Phi) is 7.57. The minimum absolute atomic E-state index is 0.0135. The second kappa shape index (κ2) is 10.5. The van der Waals surface area contributed by atoms with Gasteiger partial charge in [0.1, 0.15) is 10.8 Å². The summed E-state index contributed by atoms with van der Waals surface area (Å²) < 4.78 is 5.26. The highest BCUT2D eigenvalue weighted by molar-refractivity contribution is 7.13. The van der Waals surface area contributed by atoms with Crippen molar-refractivity contribution in [1.29, 1.82) is 0 Å². The van der Waals surface area contributed by atoms with Gasteiger partial charge in [-0.2, -0.15) is 0 Å². The van der Waals surface area contributed by atoms with Gasteiger partial charge in [0.15, 0.2) is 0 Å². The molecule has 1 heterocycles. The highest BCUT2D eigenvalue weighted by Crippen LogP contribution is 2.24. The van der Waals surface area contributed by atoms with E-state index < -0.39 is 0 Å². The van der Waals surface area contributed by atoms with Crippen LogP contribution in [0.25, 0.3) is 10.6 Å². The van der Waals surface area contributed by atoms with Crippen LogP contribution in [0.5, 0.6) is 5.75 Å². The summed E-state index contributed by atoms with van der Waals surface area (Å²) in [6, 6.07) is 17.1. The average molecular weight is 424 g/mol. The molecule has 0 aliphatic carbocycles. The molecule has 156 valence electrons. The second-order valence-corrected chi connectivity index (χ2v) is 7.61. The zero-order valence-corrected chi connectivity index (χ0v) is 17.9. The SMILES string of the molecule is CCCN(CC(=O)Nc1ccccc1OC)C(=O)Cc1csc(-c2ccccc2)n1. The summed E-state index contributed by atoms with van der Waals surface area (Å²) in [6.45, 7) is 2.48. The van der Waals surface area contributed by atoms with E-state index in [1.807, 2.05) is 54.8 Å². The molecule has 0 saturated carbocycles. The fourth-order valence-electron chi connectivity index (χ4n) is 3.04. The fourth-order valence-corrected chi connectivity index (χ4v) is 3.87. The molecule has 0 aliphatic heterocycles. The molecule has 3 aromatic rings. The van der Waals surface area contributed by atoms with Crippen molar-refractivity contribution < 1.29 is 14.3 Å². The predicted octanol–water partition coefficient (Wildman–Crippen LogP) is 4.24. The fraction of sp³-hybridized carbons (Fsp3) is 0.261. The van der Waals surface area contributed by atoms with Gasteiger partial charge in [-0.25, -0.2) is 4.98 Å². The number of rotatable bonds is 9. The summed E-state index contributed by atoms with van der Waals surface area (Å²) in [5.74, 6) is 0.205. The standard InChI is InChI=1S/C23H25N3O3S/c1-3-13-26(15-21(27)25-19-11-7-8-12-20(19)29-2)22(28)14-18-16-30-23(24-18)17-9-5-4-6-10-17/h4-12,16H,3,13-15H2,1-2H3,(H,25,27). The van der Waals surface area contributed by atoms with E-state index in [9.17, 15) is 9.59 Å². The van der Waals surface area contributed by atoms with Crippen LogP contribution in [-0.2, 0) is 16.0 Å². The molecule has 0 unspecified atom stereocenters. The Morgan fingerprint density at radius 3 is 2.57 bits per heavy atom. The zero-order valence-electron chi connectivity index (χ0n) is 17.1. The van der Waals surface area contributed by atoms with Crippen LogP contribution in [0.3, 0.4) is 0 Å². The Hall–Kier alpha value is -3.19. The van der Waals surface area contributed by atoms with E-state index >= 15 is 0 Å². The Labute approximate surface area is 180 Å². The lowest BCUT2D eigenvalue weighted by Crippen LogP contribution is -2.39. The molecule has 7 heteroatoms. The summed E-state index contributed by atoms with van der Waals surface area (Å²) in [4.78, 5) is 31.5. The molecule has 0 radical (unpaired) electrons. The van der Waals surface area contributed by atoms with Crippen molar-refractivity contribution in [2.45, 2.75) is 19.8 Å². The molecule has 0 spiro atoms. The Morgan fingerprint density at radius 2 is 1.83 bits per heavy atom. The number of aromatic nitrogens is 1. The number of anilines is 1. The maximum Gasteiger partial charge on any atom is 0.244 e. The summed E-state index contributed by atoms with van der Waals surface area (Å²) >= 11 is 1.51. The molecule has 0 bridgehead atoms. The van der Waals surface area contributed by atoms with E-state index in [-0.39, 0.29) is 24.8 Å². The zero-order chi connectivity index (χ0) is 21.3. The lowest BCUT2D eigenvalue weighted by atomic mass is 10.2. The number of carbonyl (C=O) groups excluding carboxylic acids is 2. The summed E-state index contributed by atoms with van der Waals surface area (Å²) in [5, 5.41) is 5.61. The van der Waals surface area contributed by atoms with Gasteiger partial charge in [0, 0.05) is 17.5 Å². The van der Waals surface area contributed by atoms with Crippen LogP contribution in [-0.4, -0.2) is 41.9 Å².